The first-order valence-electron chi connectivity index (χ1n) is 6.74. The monoisotopic (exact) mass is 275 g/mol. The van der Waals surface area contributed by atoms with Crippen molar-refractivity contribution in [2.45, 2.75) is 26.8 Å². The first kappa shape index (κ1) is 14.2. The number of H-pyrrole nitrogens is 1. The molecule has 1 unspecified atom stereocenters. The number of hydrogen-bond donors (Lipinski definition) is 4. The lowest BCUT2D eigenvalue weighted by Crippen LogP contribution is -2.39. The molecule has 1 amide bonds. The molecule has 0 aliphatic rings. The van der Waals surface area contributed by atoms with E-state index in [2.05, 4.69) is 34.7 Å². The van der Waals surface area contributed by atoms with Crippen molar-refractivity contribution in [3.63, 3.8) is 0 Å². The van der Waals surface area contributed by atoms with Crippen LogP contribution in [-0.4, -0.2) is 28.7 Å². The van der Waals surface area contributed by atoms with Crippen LogP contribution in [0.2, 0.25) is 0 Å². The smallest absolute Gasteiger partial charge is 0.242 e. The average molecular weight is 275 g/mol. The largest absolute Gasteiger partial charge is 0.397 e. The van der Waals surface area contributed by atoms with Gasteiger partial charge in [0.25, 0.3) is 0 Å². The van der Waals surface area contributed by atoms with Crippen molar-refractivity contribution in [3.05, 3.63) is 18.3 Å². The standard InChI is InChI=1S/C14H21N5O/c1-8(2)6-16-14(20)9(3)18-13-5-12-10(4-11(13)15)7-17-19-12/h4-5,7-9,18H,6,15H2,1-3H3,(H,16,20)(H,17,19). The first-order chi connectivity index (χ1) is 9.47. The molecule has 0 aliphatic heterocycles. The second kappa shape index (κ2) is 5.81. The van der Waals surface area contributed by atoms with E-state index in [1.54, 1.807) is 6.20 Å². The van der Waals surface area contributed by atoms with E-state index in [4.69, 9.17) is 5.73 Å². The highest BCUT2D eigenvalue weighted by molar-refractivity contribution is 5.91. The van der Waals surface area contributed by atoms with Gasteiger partial charge in [0.05, 0.1) is 23.1 Å². The Morgan fingerprint density at radius 3 is 2.85 bits per heavy atom. The summed E-state index contributed by atoms with van der Waals surface area (Å²) in [6, 6.07) is 3.35. The summed E-state index contributed by atoms with van der Waals surface area (Å²) in [7, 11) is 0. The number of nitrogens with zero attached hydrogens (tertiary/aromatic N) is 1. The molecule has 1 aromatic carbocycles. The summed E-state index contributed by atoms with van der Waals surface area (Å²) in [5.41, 5.74) is 8.20. The minimum atomic E-state index is -0.351. The number of nitrogen functional groups attached to an aromatic ring is 1. The highest BCUT2D eigenvalue weighted by Gasteiger charge is 2.14. The van der Waals surface area contributed by atoms with E-state index in [1.165, 1.54) is 0 Å². The van der Waals surface area contributed by atoms with Crippen LogP contribution in [0.1, 0.15) is 20.8 Å². The maximum absolute atomic E-state index is 11.9. The zero-order valence-corrected chi connectivity index (χ0v) is 12.0. The molecule has 5 N–H and O–H groups in total. The molecule has 0 saturated heterocycles. The second-order valence-electron chi connectivity index (χ2n) is 5.40. The summed E-state index contributed by atoms with van der Waals surface area (Å²) in [4.78, 5) is 11.9. The summed E-state index contributed by atoms with van der Waals surface area (Å²) in [6.45, 7) is 6.59. The number of nitrogens with two attached hydrogens (primary N) is 1. The highest BCUT2D eigenvalue weighted by Crippen LogP contribution is 2.25. The summed E-state index contributed by atoms with van der Waals surface area (Å²) in [5.74, 6) is 0.389. The van der Waals surface area contributed by atoms with Crippen molar-refractivity contribution in [1.29, 1.82) is 0 Å². The fourth-order valence-electron chi connectivity index (χ4n) is 1.89. The van der Waals surface area contributed by atoms with E-state index >= 15 is 0 Å². The summed E-state index contributed by atoms with van der Waals surface area (Å²) >= 11 is 0. The van der Waals surface area contributed by atoms with Crippen LogP contribution in [0, 0.1) is 5.92 Å². The van der Waals surface area contributed by atoms with Gasteiger partial charge in [-0.05, 0) is 25.0 Å². The van der Waals surface area contributed by atoms with Gasteiger partial charge in [0.1, 0.15) is 6.04 Å². The second-order valence-corrected chi connectivity index (χ2v) is 5.40. The van der Waals surface area contributed by atoms with E-state index in [0.717, 1.165) is 16.6 Å². The molecule has 0 radical (unpaired) electrons. The number of anilines is 2. The molecule has 1 heterocycles. The lowest BCUT2D eigenvalue weighted by molar-refractivity contribution is -0.121. The predicted molar refractivity (Wildman–Crippen MR) is 81.4 cm³/mol. The van der Waals surface area contributed by atoms with E-state index in [0.29, 0.717) is 18.2 Å². The maximum Gasteiger partial charge on any atom is 0.242 e. The molecule has 0 fully saturated rings. The van der Waals surface area contributed by atoms with Crippen LogP contribution in [0.4, 0.5) is 11.4 Å². The van der Waals surface area contributed by atoms with Gasteiger partial charge in [0, 0.05) is 11.9 Å². The lowest BCUT2D eigenvalue weighted by atomic mass is 10.2. The van der Waals surface area contributed by atoms with Gasteiger partial charge in [-0.15, -0.1) is 0 Å². The lowest BCUT2D eigenvalue weighted by Gasteiger charge is -2.17. The number of carbonyl (C=O) groups is 1. The number of hydrogen-bond acceptors (Lipinski definition) is 4. The molecule has 6 nitrogen and oxygen atoms in total. The topological polar surface area (TPSA) is 95.8 Å². The zero-order chi connectivity index (χ0) is 14.7. The van der Waals surface area contributed by atoms with Crippen molar-refractivity contribution < 1.29 is 4.79 Å². The van der Waals surface area contributed by atoms with Gasteiger partial charge < -0.3 is 16.4 Å². The quantitative estimate of drug-likeness (QED) is 0.625. The number of nitrogens with one attached hydrogen (secondary N) is 3. The normalized spacial score (nSPS) is 12.6. The van der Waals surface area contributed by atoms with Gasteiger partial charge >= 0.3 is 0 Å². The van der Waals surface area contributed by atoms with Gasteiger partial charge in [-0.2, -0.15) is 5.10 Å². The van der Waals surface area contributed by atoms with Crippen molar-refractivity contribution in [1.82, 2.24) is 15.5 Å². The Morgan fingerprint density at radius 2 is 2.15 bits per heavy atom. The van der Waals surface area contributed by atoms with Gasteiger partial charge in [0.15, 0.2) is 0 Å². The van der Waals surface area contributed by atoms with Gasteiger partial charge in [-0.3, -0.25) is 9.89 Å². The third-order valence-electron chi connectivity index (χ3n) is 3.06. The SMILES string of the molecule is CC(C)CNC(=O)C(C)Nc1cc2[nH]ncc2cc1N. The summed E-state index contributed by atoms with van der Waals surface area (Å²) < 4.78 is 0. The Kier molecular flexibility index (Phi) is 4.12. The van der Waals surface area contributed by atoms with Crippen molar-refractivity contribution >= 4 is 28.2 Å². The number of amides is 1. The van der Waals surface area contributed by atoms with Gasteiger partial charge in [0.2, 0.25) is 5.91 Å². The van der Waals surface area contributed by atoms with Crippen LogP contribution in [0.5, 0.6) is 0 Å². The summed E-state index contributed by atoms with van der Waals surface area (Å²) in [6.07, 6.45) is 1.72. The van der Waals surface area contributed by atoms with Crippen LogP contribution < -0.4 is 16.4 Å². The average Bonchev–Trinajstić information content (AvgIpc) is 2.83. The Labute approximate surface area is 118 Å². The Morgan fingerprint density at radius 1 is 1.40 bits per heavy atom. The number of carbonyl (C=O) groups excluding carboxylic acids is 1. The molecular weight excluding hydrogens is 254 g/mol. The van der Waals surface area contributed by atoms with Gasteiger partial charge in [-0.1, -0.05) is 13.8 Å². The fourth-order valence-corrected chi connectivity index (χ4v) is 1.89. The number of aromatic amines is 1. The van der Waals surface area contributed by atoms with Crippen molar-refractivity contribution in [3.8, 4) is 0 Å². The molecule has 2 rings (SSSR count). The first-order valence-corrected chi connectivity index (χ1v) is 6.74. The van der Waals surface area contributed by atoms with Crippen LogP contribution in [0.15, 0.2) is 18.3 Å². The molecular formula is C14H21N5O. The number of fused-ring (bicyclic) bond motifs is 1. The Balaban J connectivity index is 2.06. The van der Waals surface area contributed by atoms with E-state index in [-0.39, 0.29) is 11.9 Å². The molecule has 1 aromatic heterocycles. The predicted octanol–water partition coefficient (Wildman–Crippen LogP) is 1.72. The zero-order valence-electron chi connectivity index (χ0n) is 12.0. The van der Waals surface area contributed by atoms with Crippen LogP contribution in [0.3, 0.4) is 0 Å². The summed E-state index contributed by atoms with van der Waals surface area (Å²) in [5, 5.41) is 13.8. The number of benzene rings is 1. The minimum absolute atomic E-state index is 0.0391. The molecule has 20 heavy (non-hydrogen) atoms. The van der Waals surface area contributed by atoms with Crippen LogP contribution >= 0.6 is 0 Å². The fraction of sp³-hybridized carbons (Fsp3) is 0.429. The van der Waals surface area contributed by atoms with Crippen molar-refractivity contribution in [2.24, 2.45) is 5.92 Å². The third kappa shape index (κ3) is 3.20. The molecule has 0 bridgehead atoms. The molecule has 0 aliphatic carbocycles. The molecule has 0 saturated carbocycles. The van der Waals surface area contributed by atoms with Crippen LogP contribution in [0.25, 0.3) is 10.9 Å². The van der Waals surface area contributed by atoms with E-state index in [9.17, 15) is 4.79 Å². The molecule has 0 spiro atoms. The molecule has 6 heteroatoms. The molecule has 1 atom stereocenters. The molecule has 2 aromatic rings. The van der Waals surface area contributed by atoms with Gasteiger partial charge in [-0.25, -0.2) is 0 Å². The Bertz CT molecular complexity index is 605. The minimum Gasteiger partial charge on any atom is -0.397 e. The van der Waals surface area contributed by atoms with E-state index in [1.807, 2.05) is 19.1 Å². The third-order valence-corrected chi connectivity index (χ3v) is 3.06. The number of rotatable bonds is 5. The maximum atomic E-state index is 11.9. The highest BCUT2D eigenvalue weighted by atomic mass is 16.2. The molecule has 108 valence electrons. The Hall–Kier alpha value is -2.24. The van der Waals surface area contributed by atoms with E-state index < -0.39 is 0 Å². The number of aromatic nitrogens is 2. The van der Waals surface area contributed by atoms with Crippen molar-refractivity contribution in [2.75, 3.05) is 17.6 Å². The van der Waals surface area contributed by atoms with Crippen LogP contribution in [-0.2, 0) is 4.79 Å².